The minimum atomic E-state index is -5.08. The zero-order valence-electron chi connectivity index (χ0n) is 18.4. The van der Waals surface area contributed by atoms with Crippen molar-refractivity contribution in [2.24, 2.45) is 5.92 Å². The van der Waals surface area contributed by atoms with E-state index in [1.165, 1.54) is 43.2 Å². The highest BCUT2D eigenvalue weighted by Crippen LogP contribution is 2.55. The third kappa shape index (κ3) is 4.29. The lowest BCUT2D eigenvalue weighted by Crippen LogP contribution is -2.59. The minimum absolute atomic E-state index is 0.333. The number of hydrogen-bond donors (Lipinski definition) is 3. The van der Waals surface area contributed by atoms with Gasteiger partial charge in [-0.25, -0.2) is 4.79 Å². The average molecular weight is 456 g/mol. The van der Waals surface area contributed by atoms with Gasteiger partial charge >= 0.3 is 12.1 Å². The van der Waals surface area contributed by atoms with Gasteiger partial charge in [0.2, 0.25) is 0 Å². The number of alkyl halides is 3. The van der Waals surface area contributed by atoms with Crippen LogP contribution >= 0.6 is 0 Å². The number of rotatable bonds is 1. The maximum atomic E-state index is 10.9. The maximum absolute atomic E-state index is 10.9. The molecule has 0 amide bonds. The predicted octanol–water partition coefficient (Wildman–Crippen LogP) is 3.12. The summed E-state index contributed by atoms with van der Waals surface area (Å²) in [5.41, 5.74) is 4.39. The summed E-state index contributed by atoms with van der Waals surface area (Å²) in [7, 11) is 2.18. The van der Waals surface area contributed by atoms with Crippen LogP contribution in [0.4, 0.5) is 18.9 Å². The molecule has 4 aliphatic rings. The third-order valence-electron chi connectivity index (χ3n) is 7.82. The molecule has 0 spiro atoms. The van der Waals surface area contributed by atoms with Gasteiger partial charge in [-0.15, -0.1) is 0 Å². The number of carboxylic acids is 1. The van der Waals surface area contributed by atoms with Crippen LogP contribution < -0.4 is 10.2 Å². The smallest absolute Gasteiger partial charge is 0.490 e. The van der Waals surface area contributed by atoms with E-state index in [1.807, 2.05) is 0 Å². The van der Waals surface area contributed by atoms with Gasteiger partial charge in [0, 0.05) is 37.6 Å². The summed E-state index contributed by atoms with van der Waals surface area (Å²) < 4.78 is 31.7. The molecular weight excluding hydrogens is 423 g/mol. The lowest BCUT2D eigenvalue weighted by molar-refractivity contribution is -0.192. The molecule has 0 radical (unpaired) electrons. The molecule has 0 unspecified atom stereocenters. The number of carboxylic acid groups (broad SMARTS) is 1. The van der Waals surface area contributed by atoms with Crippen molar-refractivity contribution in [2.45, 2.75) is 56.2 Å². The molecule has 1 aromatic rings. The molecular formula is C23H32F3N3O3. The first-order valence-electron chi connectivity index (χ1n) is 11.5. The van der Waals surface area contributed by atoms with Gasteiger partial charge < -0.3 is 25.3 Å². The zero-order chi connectivity index (χ0) is 23.1. The number of aliphatic carboxylic acids is 1. The second kappa shape index (κ2) is 8.74. The van der Waals surface area contributed by atoms with Gasteiger partial charge in [-0.3, -0.25) is 0 Å². The monoisotopic (exact) mass is 455 g/mol. The number of carbonyl (C=O) groups is 1. The average Bonchev–Trinajstić information content (AvgIpc) is 2.74. The summed E-state index contributed by atoms with van der Waals surface area (Å²) in [5.74, 6) is -1.47. The first-order chi connectivity index (χ1) is 15.1. The lowest BCUT2D eigenvalue weighted by Gasteiger charge is -2.56. The molecule has 2 bridgehead atoms. The van der Waals surface area contributed by atoms with E-state index in [0.29, 0.717) is 17.2 Å². The van der Waals surface area contributed by atoms with E-state index in [0.717, 1.165) is 50.7 Å². The molecule has 178 valence electrons. The van der Waals surface area contributed by atoms with Crippen molar-refractivity contribution in [3.8, 4) is 5.75 Å². The lowest BCUT2D eigenvalue weighted by atomic mass is 9.53. The Hall–Kier alpha value is -2.00. The van der Waals surface area contributed by atoms with Crippen molar-refractivity contribution in [3.63, 3.8) is 0 Å². The molecule has 2 saturated heterocycles. The highest BCUT2D eigenvalue weighted by atomic mass is 19.4. The molecule has 3 atom stereocenters. The second-order valence-electron chi connectivity index (χ2n) is 9.61. The Labute approximate surface area is 186 Å². The summed E-state index contributed by atoms with van der Waals surface area (Å²) in [6.07, 6.45) is 2.71. The molecule has 2 aliphatic heterocycles. The Morgan fingerprint density at radius 3 is 2.50 bits per heavy atom. The molecule has 32 heavy (non-hydrogen) atoms. The number of nitrogens with zero attached hydrogens (tertiary/aromatic N) is 2. The standard InChI is InChI=1S/C21H31N3O.C2HF3O2/c1-23-8-10-24(11-9-23)19-13-15-12-18-16-4-2-3-5-21(16,6-7-22-18)17(15)14-20(19)25;3-2(4,5)1(6)7/h13-14,16,18,22,25H,2-12H2,1H3;(H,6,7)/t16-,18+,21+;/m1./s1. The van der Waals surface area contributed by atoms with E-state index in [1.54, 1.807) is 0 Å². The van der Waals surface area contributed by atoms with Crippen LogP contribution in [0.5, 0.6) is 5.75 Å². The fraction of sp³-hybridized carbons (Fsp3) is 0.696. The van der Waals surface area contributed by atoms with Gasteiger partial charge in [-0.05, 0) is 68.5 Å². The predicted molar refractivity (Wildman–Crippen MR) is 115 cm³/mol. The number of piperidine rings is 1. The van der Waals surface area contributed by atoms with E-state index in [-0.39, 0.29) is 0 Å². The summed E-state index contributed by atoms with van der Waals surface area (Å²) in [5, 5.41) is 21.8. The quantitative estimate of drug-likeness (QED) is 0.604. The molecule has 6 nitrogen and oxygen atoms in total. The number of phenolic OH excluding ortho intramolecular Hbond substituents is 1. The van der Waals surface area contributed by atoms with Crippen LogP contribution in [0.2, 0.25) is 0 Å². The second-order valence-corrected chi connectivity index (χ2v) is 9.61. The zero-order valence-corrected chi connectivity index (χ0v) is 18.4. The number of fused-ring (bicyclic) bond motifs is 1. The molecule has 9 heteroatoms. The van der Waals surface area contributed by atoms with Crippen LogP contribution in [-0.4, -0.2) is 73.1 Å². The van der Waals surface area contributed by atoms with Crippen LogP contribution in [0.25, 0.3) is 0 Å². The Bertz CT molecular complexity index is 851. The first-order valence-corrected chi connectivity index (χ1v) is 11.5. The summed E-state index contributed by atoms with van der Waals surface area (Å²) in [6.45, 7) is 5.32. The van der Waals surface area contributed by atoms with Crippen molar-refractivity contribution in [1.82, 2.24) is 10.2 Å². The highest BCUT2D eigenvalue weighted by Gasteiger charge is 2.51. The Morgan fingerprint density at radius 2 is 1.84 bits per heavy atom. The number of phenols is 1. The summed E-state index contributed by atoms with van der Waals surface area (Å²) in [6, 6.07) is 5.15. The van der Waals surface area contributed by atoms with Gasteiger partial charge in [0.05, 0.1) is 5.69 Å². The summed E-state index contributed by atoms with van der Waals surface area (Å²) >= 11 is 0. The van der Waals surface area contributed by atoms with Crippen molar-refractivity contribution >= 4 is 11.7 Å². The highest BCUT2D eigenvalue weighted by molar-refractivity contribution is 5.73. The minimum Gasteiger partial charge on any atom is -0.506 e. The fourth-order valence-corrected chi connectivity index (χ4v) is 6.26. The van der Waals surface area contributed by atoms with Gasteiger partial charge in [0.25, 0.3) is 0 Å². The normalized spacial score (nSPS) is 29.9. The van der Waals surface area contributed by atoms with Gasteiger partial charge in [0.1, 0.15) is 5.75 Å². The Morgan fingerprint density at radius 1 is 1.16 bits per heavy atom. The van der Waals surface area contributed by atoms with Crippen molar-refractivity contribution < 1.29 is 28.2 Å². The topological polar surface area (TPSA) is 76.0 Å². The van der Waals surface area contributed by atoms with Crippen LogP contribution in [0, 0.1) is 5.92 Å². The van der Waals surface area contributed by atoms with Gasteiger partial charge in [-0.1, -0.05) is 12.8 Å². The van der Waals surface area contributed by atoms with E-state index < -0.39 is 12.1 Å². The number of nitrogens with one attached hydrogen (secondary N) is 1. The van der Waals surface area contributed by atoms with Crippen LogP contribution in [0.1, 0.15) is 43.2 Å². The molecule has 2 heterocycles. The van der Waals surface area contributed by atoms with E-state index in [4.69, 9.17) is 9.90 Å². The van der Waals surface area contributed by atoms with Crippen molar-refractivity contribution in [3.05, 3.63) is 23.3 Å². The maximum Gasteiger partial charge on any atom is 0.490 e. The Kier molecular flexibility index (Phi) is 6.33. The van der Waals surface area contributed by atoms with Crippen LogP contribution in [0.3, 0.4) is 0 Å². The van der Waals surface area contributed by atoms with E-state index in [9.17, 15) is 18.3 Å². The number of likely N-dealkylation sites (N-methyl/N-ethyl adjacent to an activating group) is 1. The SMILES string of the molecule is CN1CCN(c2cc3c(cc2O)[C@]24CCCC[C@@H]2[C@H](C3)NCC4)CC1.O=C(O)C(F)(F)F. The van der Waals surface area contributed by atoms with Crippen molar-refractivity contribution in [1.29, 1.82) is 0 Å². The largest absolute Gasteiger partial charge is 0.506 e. The number of halogens is 3. The fourth-order valence-electron chi connectivity index (χ4n) is 6.26. The molecule has 1 aromatic carbocycles. The number of anilines is 1. The number of piperazine rings is 1. The van der Waals surface area contributed by atoms with Gasteiger partial charge in [0.15, 0.2) is 0 Å². The number of benzene rings is 1. The third-order valence-corrected chi connectivity index (χ3v) is 7.82. The molecule has 3 N–H and O–H groups in total. The van der Waals surface area contributed by atoms with E-state index in [2.05, 4.69) is 34.3 Å². The molecule has 3 fully saturated rings. The number of aromatic hydroxyl groups is 1. The molecule has 5 rings (SSSR count). The molecule has 2 aliphatic carbocycles. The van der Waals surface area contributed by atoms with Crippen LogP contribution in [0.15, 0.2) is 12.1 Å². The molecule has 1 saturated carbocycles. The summed E-state index contributed by atoms with van der Waals surface area (Å²) in [4.78, 5) is 13.6. The van der Waals surface area contributed by atoms with E-state index >= 15 is 0 Å². The van der Waals surface area contributed by atoms with Crippen molar-refractivity contribution in [2.75, 3.05) is 44.7 Å². The number of hydrogen-bond acceptors (Lipinski definition) is 5. The molecule has 0 aromatic heterocycles. The first kappa shape index (κ1) is 23.2. The van der Waals surface area contributed by atoms with Gasteiger partial charge in [-0.2, -0.15) is 13.2 Å². The van der Waals surface area contributed by atoms with Crippen LogP contribution in [-0.2, 0) is 16.6 Å². The Balaban J connectivity index is 0.000000307.